The molecule has 0 saturated heterocycles. The molecule has 4 unspecified atom stereocenters. The van der Waals surface area contributed by atoms with E-state index in [4.69, 9.17) is 23.7 Å². The molecule has 0 aliphatic rings. The lowest BCUT2D eigenvalue weighted by Gasteiger charge is -2.21. The molecule has 0 amide bonds. The third-order valence-electron chi connectivity index (χ3n) is 6.92. The standard InChI is InChI=1S/C30H47NO9/c1-11-19(6)37-30(35)38-20(7)16-31-24(29(34)36-10)14-23-12-13-25(39-27(32)21(8)17(2)3)26(15-23)40-28(33)22(9)18(4)5/h12-13,15,17-22,24,31H,11,14,16H2,1-10H3/t19?,20?,21?,22?,24-/m0/s1. The van der Waals surface area contributed by atoms with Crippen molar-refractivity contribution in [1.82, 2.24) is 5.32 Å². The van der Waals surface area contributed by atoms with E-state index >= 15 is 0 Å². The first-order valence-electron chi connectivity index (χ1n) is 13.9. The number of hydrogen-bond acceptors (Lipinski definition) is 10. The number of ether oxygens (including phenoxy) is 5. The Labute approximate surface area is 238 Å². The van der Waals surface area contributed by atoms with Crippen molar-refractivity contribution < 1.29 is 42.9 Å². The minimum Gasteiger partial charge on any atom is -0.468 e. The van der Waals surface area contributed by atoms with E-state index < -0.39 is 36.2 Å². The minimum atomic E-state index is -0.797. The van der Waals surface area contributed by atoms with Crippen LogP contribution in [0.25, 0.3) is 0 Å². The molecule has 0 heterocycles. The van der Waals surface area contributed by atoms with Crippen LogP contribution in [0, 0.1) is 23.7 Å². The van der Waals surface area contributed by atoms with Crippen molar-refractivity contribution in [3.63, 3.8) is 0 Å². The molecule has 0 aliphatic heterocycles. The molecule has 5 atom stereocenters. The Hall–Kier alpha value is -3.14. The van der Waals surface area contributed by atoms with E-state index in [-0.39, 0.29) is 54.2 Å². The molecule has 0 aliphatic carbocycles. The molecule has 0 bridgehead atoms. The maximum Gasteiger partial charge on any atom is 0.508 e. The SMILES string of the molecule is CCC(C)OC(=O)OC(C)CN[C@@H](Cc1ccc(OC(=O)C(C)C(C)C)c(OC(=O)C(C)C(C)C)c1)C(=O)OC. The van der Waals surface area contributed by atoms with Crippen LogP contribution < -0.4 is 14.8 Å². The van der Waals surface area contributed by atoms with Gasteiger partial charge >= 0.3 is 24.1 Å². The van der Waals surface area contributed by atoms with Crippen LogP contribution in [0.15, 0.2) is 18.2 Å². The lowest BCUT2D eigenvalue weighted by Crippen LogP contribution is -2.43. The van der Waals surface area contributed by atoms with Crippen molar-refractivity contribution in [3.8, 4) is 11.5 Å². The first kappa shape index (κ1) is 34.9. The van der Waals surface area contributed by atoms with Gasteiger partial charge in [0.1, 0.15) is 18.2 Å². The van der Waals surface area contributed by atoms with E-state index in [2.05, 4.69) is 5.32 Å². The number of benzene rings is 1. The van der Waals surface area contributed by atoms with Gasteiger partial charge in [0.15, 0.2) is 11.5 Å². The highest BCUT2D eigenvalue weighted by Gasteiger charge is 2.26. The predicted octanol–water partition coefficient (Wildman–Crippen LogP) is 5.10. The molecule has 0 saturated carbocycles. The Morgan fingerprint density at radius 1 is 0.750 bits per heavy atom. The Balaban J connectivity index is 3.13. The summed E-state index contributed by atoms with van der Waals surface area (Å²) in [6.45, 7) is 16.7. The third kappa shape index (κ3) is 11.5. The van der Waals surface area contributed by atoms with Gasteiger partial charge in [-0.1, -0.05) is 54.5 Å². The number of carbonyl (C=O) groups is 4. The van der Waals surface area contributed by atoms with Gasteiger partial charge in [-0.05, 0) is 56.2 Å². The van der Waals surface area contributed by atoms with Crippen molar-refractivity contribution in [2.45, 2.75) is 93.4 Å². The smallest absolute Gasteiger partial charge is 0.468 e. The lowest BCUT2D eigenvalue weighted by atomic mass is 9.98. The van der Waals surface area contributed by atoms with Crippen LogP contribution in [-0.4, -0.2) is 56.0 Å². The number of esters is 3. The van der Waals surface area contributed by atoms with Crippen LogP contribution in [-0.2, 0) is 35.0 Å². The van der Waals surface area contributed by atoms with Gasteiger partial charge in [0.25, 0.3) is 0 Å². The van der Waals surface area contributed by atoms with Crippen LogP contribution in [0.3, 0.4) is 0 Å². The summed E-state index contributed by atoms with van der Waals surface area (Å²) < 4.78 is 26.6. The average molecular weight is 566 g/mol. The van der Waals surface area contributed by atoms with Crippen molar-refractivity contribution in [2.24, 2.45) is 23.7 Å². The monoisotopic (exact) mass is 565 g/mol. The highest BCUT2D eigenvalue weighted by Crippen LogP contribution is 2.31. The second kappa shape index (κ2) is 16.8. The quantitative estimate of drug-likeness (QED) is 0.227. The number of hydrogen-bond donors (Lipinski definition) is 1. The van der Waals surface area contributed by atoms with Crippen molar-refractivity contribution in [1.29, 1.82) is 0 Å². The molecule has 1 rings (SSSR count). The van der Waals surface area contributed by atoms with E-state index in [0.29, 0.717) is 12.0 Å². The number of nitrogens with one attached hydrogen (secondary N) is 1. The lowest BCUT2D eigenvalue weighted by molar-refractivity contribution is -0.143. The minimum absolute atomic E-state index is 0.0437. The zero-order valence-corrected chi connectivity index (χ0v) is 25.6. The van der Waals surface area contributed by atoms with Crippen molar-refractivity contribution >= 4 is 24.1 Å². The van der Waals surface area contributed by atoms with Crippen molar-refractivity contribution in [3.05, 3.63) is 23.8 Å². The Kier molecular flexibility index (Phi) is 14.7. The van der Waals surface area contributed by atoms with E-state index in [1.165, 1.54) is 7.11 Å². The van der Waals surface area contributed by atoms with Gasteiger partial charge in [-0.2, -0.15) is 0 Å². The summed E-state index contributed by atoms with van der Waals surface area (Å²) in [7, 11) is 1.28. The molecular formula is C30H47NO9. The Morgan fingerprint density at radius 3 is 1.77 bits per heavy atom. The first-order valence-corrected chi connectivity index (χ1v) is 13.9. The summed E-state index contributed by atoms with van der Waals surface area (Å²) in [5, 5.41) is 3.06. The summed E-state index contributed by atoms with van der Waals surface area (Å²) in [4.78, 5) is 49.9. The van der Waals surface area contributed by atoms with Crippen LogP contribution in [0.4, 0.5) is 4.79 Å². The number of rotatable bonds is 15. The molecule has 0 radical (unpaired) electrons. The largest absolute Gasteiger partial charge is 0.508 e. The van der Waals surface area contributed by atoms with Gasteiger partial charge in [-0.3, -0.25) is 14.4 Å². The molecule has 0 fully saturated rings. The fourth-order valence-electron chi connectivity index (χ4n) is 3.20. The van der Waals surface area contributed by atoms with Gasteiger partial charge in [-0.15, -0.1) is 0 Å². The highest BCUT2D eigenvalue weighted by atomic mass is 16.7. The summed E-state index contributed by atoms with van der Waals surface area (Å²) in [5.41, 5.74) is 0.629. The van der Waals surface area contributed by atoms with Gasteiger partial charge in [0.05, 0.1) is 18.9 Å². The van der Waals surface area contributed by atoms with Crippen LogP contribution in [0.2, 0.25) is 0 Å². The molecule has 10 nitrogen and oxygen atoms in total. The maximum absolute atomic E-state index is 12.8. The number of carbonyl (C=O) groups excluding carboxylic acids is 4. The molecule has 0 spiro atoms. The van der Waals surface area contributed by atoms with Crippen LogP contribution in [0.5, 0.6) is 11.5 Å². The van der Waals surface area contributed by atoms with E-state index in [9.17, 15) is 19.2 Å². The molecule has 1 aromatic rings. The van der Waals surface area contributed by atoms with Crippen LogP contribution in [0.1, 0.15) is 74.3 Å². The summed E-state index contributed by atoms with van der Waals surface area (Å²) in [6, 6.07) is 4.02. The van der Waals surface area contributed by atoms with Gasteiger partial charge in [-0.25, -0.2) is 4.79 Å². The second-order valence-electron chi connectivity index (χ2n) is 10.9. The molecule has 226 valence electrons. The Morgan fingerprint density at radius 2 is 1.27 bits per heavy atom. The normalized spacial score (nSPS) is 15.0. The van der Waals surface area contributed by atoms with E-state index in [0.717, 1.165) is 0 Å². The summed E-state index contributed by atoms with van der Waals surface area (Å²) >= 11 is 0. The predicted molar refractivity (Wildman–Crippen MR) is 150 cm³/mol. The average Bonchev–Trinajstić information content (AvgIpc) is 2.90. The van der Waals surface area contributed by atoms with Gasteiger partial charge < -0.3 is 29.0 Å². The molecule has 40 heavy (non-hydrogen) atoms. The maximum atomic E-state index is 12.8. The Bertz CT molecular complexity index is 991. The zero-order valence-electron chi connectivity index (χ0n) is 25.6. The highest BCUT2D eigenvalue weighted by molar-refractivity contribution is 5.79. The molecule has 0 aromatic heterocycles. The fourth-order valence-corrected chi connectivity index (χ4v) is 3.20. The first-order chi connectivity index (χ1) is 18.7. The van der Waals surface area contributed by atoms with Gasteiger partial charge in [0, 0.05) is 6.54 Å². The van der Waals surface area contributed by atoms with Gasteiger partial charge in [0.2, 0.25) is 0 Å². The molecule has 1 aromatic carbocycles. The van der Waals surface area contributed by atoms with E-state index in [1.807, 2.05) is 34.6 Å². The fraction of sp³-hybridized carbons (Fsp3) is 0.667. The van der Waals surface area contributed by atoms with Crippen LogP contribution >= 0.6 is 0 Å². The second-order valence-corrected chi connectivity index (χ2v) is 10.9. The molecular weight excluding hydrogens is 518 g/mol. The summed E-state index contributed by atoms with van der Waals surface area (Å²) in [5.74, 6) is -1.86. The topological polar surface area (TPSA) is 126 Å². The summed E-state index contributed by atoms with van der Waals surface area (Å²) in [6.07, 6.45) is -0.801. The van der Waals surface area contributed by atoms with E-state index in [1.54, 1.807) is 45.9 Å². The zero-order chi connectivity index (χ0) is 30.6. The number of methoxy groups -OCH3 is 1. The third-order valence-corrected chi connectivity index (χ3v) is 6.92. The molecule has 10 heteroatoms. The molecule has 1 N–H and O–H groups in total. The van der Waals surface area contributed by atoms with Crippen molar-refractivity contribution in [2.75, 3.05) is 13.7 Å².